The van der Waals surface area contributed by atoms with Gasteiger partial charge in [0.1, 0.15) is 0 Å². The molecule has 1 aromatic rings. The monoisotopic (exact) mass is 249 g/mol. The average molecular weight is 250 g/mol. The van der Waals surface area contributed by atoms with Gasteiger partial charge in [0, 0.05) is 19.0 Å². The zero-order valence-corrected chi connectivity index (χ0v) is 9.22. The summed E-state index contributed by atoms with van der Waals surface area (Å²) >= 11 is 11.3. The SMILES string of the molecule is O=C(O)CCCNc1cc(Cl)nnc1Cl. The van der Waals surface area contributed by atoms with Crippen molar-refractivity contribution in [3.8, 4) is 0 Å². The summed E-state index contributed by atoms with van der Waals surface area (Å²) in [6, 6.07) is 1.54. The lowest BCUT2D eigenvalue weighted by atomic mass is 10.3. The van der Waals surface area contributed by atoms with Crippen LogP contribution in [-0.4, -0.2) is 27.8 Å². The maximum Gasteiger partial charge on any atom is 0.303 e. The van der Waals surface area contributed by atoms with E-state index in [9.17, 15) is 4.79 Å². The van der Waals surface area contributed by atoms with Gasteiger partial charge in [-0.1, -0.05) is 23.2 Å². The predicted octanol–water partition coefficient (Wildman–Crippen LogP) is 2.06. The maximum absolute atomic E-state index is 10.2. The minimum Gasteiger partial charge on any atom is -0.481 e. The van der Waals surface area contributed by atoms with Gasteiger partial charge in [0.2, 0.25) is 0 Å². The molecule has 0 spiro atoms. The first-order valence-corrected chi connectivity index (χ1v) is 4.99. The third kappa shape index (κ3) is 4.31. The molecule has 0 fully saturated rings. The molecule has 0 radical (unpaired) electrons. The number of aliphatic carboxylic acids is 1. The number of rotatable bonds is 5. The first-order valence-electron chi connectivity index (χ1n) is 4.24. The molecule has 0 atom stereocenters. The number of carbonyl (C=O) groups is 1. The van der Waals surface area contributed by atoms with Crippen LogP contribution < -0.4 is 5.32 Å². The second-order valence-electron chi connectivity index (χ2n) is 2.80. The molecular weight excluding hydrogens is 241 g/mol. The molecule has 0 unspecified atom stereocenters. The fourth-order valence-electron chi connectivity index (χ4n) is 0.940. The molecular formula is C8H9Cl2N3O2. The van der Waals surface area contributed by atoms with E-state index in [4.69, 9.17) is 28.3 Å². The van der Waals surface area contributed by atoms with Crippen molar-refractivity contribution in [3.63, 3.8) is 0 Å². The van der Waals surface area contributed by atoms with Crippen LogP contribution in [0.2, 0.25) is 10.3 Å². The lowest BCUT2D eigenvalue weighted by Gasteiger charge is -2.05. The Bertz CT molecular complexity index is 360. The van der Waals surface area contributed by atoms with Gasteiger partial charge in [0.05, 0.1) is 5.69 Å². The van der Waals surface area contributed by atoms with E-state index < -0.39 is 5.97 Å². The van der Waals surface area contributed by atoms with E-state index in [0.29, 0.717) is 18.7 Å². The first kappa shape index (κ1) is 12.0. The summed E-state index contributed by atoms with van der Waals surface area (Å²) in [5, 5.41) is 18.9. The second kappa shape index (κ2) is 5.72. The highest BCUT2D eigenvalue weighted by molar-refractivity contribution is 6.33. The second-order valence-corrected chi connectivity index (χ2v) is 3.54. The Hall–Kier alpha value is -1.07. The number of hydrogen-bond donors (Lipinski definition) is 2. The van der Waals surface area contributed by atoms with E-state index >= 15 is 0 Å². The summed E-state index contributed by atoms with van der Waals surface area (Å²) in [4.78, 5) is 10.2. The molecule has 0 amide bonds. The van der Waals surface area contributed by atoms with Crippen LogP contribution in [0.15, 0.2) is 6.07 Å². The van der Waals surface area contributed by atoms with Crippen LogP contribution in [0.1, 0.15) is 12.8 Å². The Morgan fingerprint density at radius 2 is 2.20 bits per heavy atom. The highest BCUT2D eigenvalue weighted by Crippen LogP contribution is 2.20. The minimum atomic E-state index is -0.825. The highest BCUT2D eigenvalue weighted by atomic mass is 35.5. The van der Waals surface area contributed by atoms with E-state index in [1.165, 1.54) is 6.07 Å². The van der Waals surface area contributed by atoms with Crippen molar-refractivity contribution >= 4 is 34.9 Å². The summed E-state index contributed by atoms with van der Waals surface area (Å²) in [7, 11) is 0. The van der Waals surface area contributed by atoms with E-state index in [0.717, 1.165) is 0 Å². The van der Waals surface area contributed by atoms with E-state index in [-0.39, 0.29) is 16.7 Å². The Morgan fingerprint density at radius 1 is 1.47 bits per heavy atom. The van der Waals surface area contributed by atoms with Gasteiger partial charge in [-0.05, 0) is 6.42 Å². The van der Waals surface area contributed by atoms with Gasteiger partial charge in [-0.15, -0.1) is 10.2 Å². The first-order chi connectivity index (χ1) is 7.09. The van der Waals surface area contributed by atoms with Gasteiger partial charge in [-0.25, -0.2) is 0 Å². The van der Waals surface area contributed by atoms with Gasteiger partial charge in [-0.2, -0.15) is 0 Å². The van der Waals surface area contributed by atoms with Gasteiger partial charge in [0.15, 0.2) is 10.3 Å². The van der Waals surface area contributed by atoms with Crippen molar-refractivity contribution in [2.24, 2.45) is 0 Å². The average Bonchev–Trinajstić information content (AvgIpc) is 2.17. The summed E-state index contributed by atoms with van der Waals surface area (Å²) in [5.41, 5.74) is 0.557. The number of nitrogens with one attached hydrogen (secondary N) is 1. The van der Waals surface area contributed by atoms with Gasteiger partial charge in [0.25, 0.3) is 0 Å². The third-order valence-corrected chi connectivity index (χ3v) is 2.07. The predicted molar refractivity (Wildman–Crippen MR) is 57.4 cm³/mol. The lowest BCUT2D eigenvalue weighted by Crippen LogP contribution is -2.06. The maximum atomic E-state index is 10.2. The van der Waals surface area contributed by atoms with Crippen LogP contribution >= 0.6 is 23.2 Å². The molecule has 0 aliphatic rings. The van der Waals surface area contributed by atoms with Gasteiger partial charge < -0.3 is 10.4 Å². The molecule has 0 saturated heterocycles. The zero-order valence-electron chi connectivity index (χ0n) is 7.70. The van der Waals surface area contributed by atoms with Crippen LogP contribution in [0.5, 0.6) is 0 Å². The van der Waals surface area contributed by atoms with Crippen molar-refractivity contribution in [3.05, 3.63) is 16.4 Å². The highest BCUT2D eigenvalue weighted by Gasteiger charge is 2.03. The molecule has 0 saturated carbocycles. The standard InChI is InChI=1S/C8H9Cl2N3O2/c9-6-4-5(8(10)13-12-6)11-3-1-2-7(14)15/h4H,1-3H2,(H,11,12)(H,14,15). The lowest BCUT2D eigenvalue weighted by molar-refractivity contribution is -0.137. The zero-order chi connectivity index (χ0) is 11.3. The van der Waals surface area contributed by atoms with E-state index in [1.807, 2.05) is 0 Å². The number of anilines is 1. The van der Waals surface area contributed by atoms with Crippen LogP contribution in [0.3, 0.4) is 0 Å². The van der Waals surface area contributed by atoms with E-state index in [2.05, 4.69) is 15.5 Å². The van der Waals surface area contributed by atoms with Crippen LogP contribution in [0, 0.1) is 0 Å². The topological polar surface area (TPSA) is 75.1 Å². The summed E-state index contributed by atoms with van der Waals surface area (Å²) in [6.45, 7) is 0.494. The summed E-state index contributed by atoms with van der Waals surface area (Å²) in [5.74, 6) is -0.825. The Balaban J connectivity index is 2.43. The van der Waals surface area contributed by atoms with Gasteiger partial charge >= 0.3 is 5.97 Å². The molecule has 0 bridgehead atoms. The fourth-order valence-corrected chi connectivity index (χ4v) is 1.25. The Kier molecular flexibility index (Phi) is 4.58. The largest absolute Gasteiger partial charge is 0.481 e. The molecule has 0 aliphatic carbocycles. The molecule has 0 aliphatic heterocycles. The molecule has 2 N–H and O–H groups in total. The Labute approximate surface area is 96.4 Å². The molecule has 15 heavy (non-hydrogen) atoms. The molecule has 1 heterocycles. The number of hydrogen-bond acceptors (Lipinski definition) is 4. The van der Waals surface area contributed by atoms with E-state index in [1.54, 1.807) is 0 Å². The van der Waals surface area contributed by atoms with Crippen LogP contribution in [0.4, 0.5) is 5.69 Å². The summed E-state index contributed by atoms with van der Waals surface area (Å²) in [6.07, 6.45) is 0.614. The van der Waals surface area contributed by atoms with Crippen molar-refractivity contribution < 1.29 is 9.90 Å². The fraction of sp³-hybridized carbons (Fsp3) is 0.375. The van der Waals surface area contributed by atoms with Crippen LogP contribution in [0.25, 0.3) is 0 Å². The Morgan fingerprint density at radius 3 is 2.87 bits per heavy atom. The molecule has 7 heteroatoms. The number of carboxylic acids is 1. The molecule has 5 nitrogen and oxygen atoms in total. The number of carboxylic acid groups (broad SMARTS) is 1. The summed E-state index contributed by atoms with van der Waals surface area (Å²) < 4.78 is 0. The van der Waals surface area contributed by atoms with Crippen molar-refractivity contribution in [1.82, 2.24) is 10.2 Å². The number of aromatic nitrogens is 2. The minimum absolute atomic E-state index is 0.108. The van der Waals surface area contributed by atoms with Crippen molar-refractivity contribution in [2.75, 3.05) is 11.9 Å². The smallest absolute Gasteiger partial charge is 0.303 e. The molecule has 1 rings (SSSR count). The number of halogens is 2. The van der Waals surface area contributed by atoms with Gasteiger partial charge in [-0.3, -0.25) is 4.79 Å². The van der Waals surface area contributed by atoms with Crippen molar-refractivity contribution in [1.29, 1.82) is 0 Å². The normalized spacial score (nSPS) is 10.0. The van der Waals surface area contributed by atoms with Crippen LogP contribution in [-0.2, 0) is 4.79 Å². The third-order valence-electron chi connectivity index (χ3n) is 1.60. The molecule has 0 aromatic carbocycles. The molecule has 82 valence electrons. The molecule has 1 aromatic heterocycles. The number of nitrogens with zero attached hydrogens (tertiary/aromatic N) is 2. The quantitative estimate of drug-likeness (QED) is 0.782. The van der Waals surface area contributed by atoms with Crippen molar-refractivity contribution in [2.45, 2.75) is 12.8 Å².